The molecule has 16 heavy (non-hydrogen) atoms. The molecule has 0 fully saturated rings. The third-order valence-electron chi connectivity index (χ3n) is 3.07. The van der Waals surface area contributed by atoms with Gasteiger partial charge < -0.3 is 10.1 Å². The molecule has 0 aromatic carbocycles. The largest absolute Gasteiger partial charge is 0.377 e. The molecule has 0 amide bonds. The number of ether oxygens (including phenoxy) is 1. The van der Waals surface area contributed by atoms with Crippen LogP contribution in [-0.4, -0.2) is 25.8 Å². The lowest BCUT2D eigenvalue weighted by Crippen LogP contribution is -2.39. The number of likely N-dealkylation sites (N-methyl/N-ethyl adjacent to an activating group) is 1. The number of hydrogen-bond acceptors (Lipinski definition) is 2. The molecule has 0 saturated heterocycles. The normalized spacial score (nSPS) is 15.4. The molecule has 0 heterocycles. The number of hydrogen-bond donors (Lipinski definition) is 1. The lowest BCUT2D eigenvalue weighted by Gasteiger charge is -2.26. The Labute approximate surface area is 102 Å². The first-order valence-corrected chi connectivity index (χ1v) is 6.94. The highest BCUT2D eigenvalue weighted by atomic mass is 16.5. The van der Waals surface area contributed by atoms with Gasteiger partial charge in [-0.3, -0.25) is 0 Å². The zero-order chi connectivity index (χ0) is 12.4. The van der Waals surface area contributed by atoms with E-state index >= 15 is 0 Å². The first kappa shape index (κ1) is 15.9. The van der Waals surface area contributed by atoms with Gasteiger partial charge in [0.05, 0.1) is 6.10 Å². The summed E-state index contributed by atoms with van der Waals surface area (Å²) >= 11 is 0. The summed E-state index contributed by atoms with van der Waals surface area (Å²) in [5.41, 5.74) is 0. The fraction of sp³-hybridized carbons (Fsp3) is 1.00. The highest BCUT2D eigenvalue weighted by molar-refractivity contribution is 4.75. The molecule has 2 heteroatoms. The lowest BCUT2D eigenvalue weighted by molar-refractivity contribution is 0.0270. The number of nitrogens with one attached hydrogen (secondary N) is 1. The van der Waals surface area contributed by atoms with Crippen LogP contribution in [0.3, 0.4) is 0 Å². The molecule has 0 saturated carbocycles. The van der Waals surface area contributed by atoms with Gasteiger partial charge >= 0.3 is 0 Å². The standard InChI is InChI=1S/C14H31NO/c1-6-9-14(16-7-2)13(15-5)11-8-10-12(3)4/h12-15H,6-11H2,1-5H3. The predicted octanol–water partition coefficient (Wildman–Crippen LogP) is 3.61. The summed E-state index contributed by atoms with van der Waals surface area (Å²) in [5.74, 6) is 0.814. The molecule has 0 aromatic heterocycles. The minimum Gasteiger partial charge on any atom is -0.377 e. The second-order valence-electron chi connectivity index (χ2n) is 5.00. The van der Waals surface area contributed by atoms with Crippen LogP contribution in [0.2, 0.25) is 0 Å². The van der Waals surface area contributed by atoms with Crippen molar-refractivity contribution in [3.63, 3.8) is 0 Å². The Hall–Kier alpha value is -0.0800. The van der Waals surface area contributed by atoms with Crippen molar-refractivity contribution < 1.29 is 4.74 Å². The van der Waals surface area contributed by atoms with Crippen LogP contribution in [0.4, 0.5) is 0 Å². The van der Waals surface area contributed by atoms with Crippen LogP contribution in [0.5, 0.6) is 0 Å². The van der Waals surface area contributed by atoms with E-state index < -0.39 is 0 Å². The van der Waals surface area contributed by atoms with E-state index in [9.17, 15) is 0 Å². The molecule has 0 rings (SSSR count). The third-order valence-corrected chi connectivity index (χ3v) is 3.07. The third kappa shape index (κ3) is 7.24. The van der Waals surface area contributed by atoms with Gasteiger partial charge in [-0.2, -0.15) is 0 Å². The summed E-state index contributed by atoms with van der Waals surface area (Å²) < 4.78 is 5.83. The molecule has 0 spiro atoms. The minimum absolute atomic E-state index is 0.396. The van der Waals surface area contributed by atoms with E-state index in [0.29, 0.717) is 12.1 Å². The Morgan fingerprint density at radius 3 is 2.19 bits per heavy atom. The molecule has 2 atom stereocenters. The van der Waals surface area contributed by atoms with E-state index in [4.69, 9.17) is 4.74 Å². The molecule has 0 aliphatic rings. The molecule has 2 nitrogen and oxygen atoms in total. The van der Waals surface area contributed by atoms with Gasteiger partial charge in [0.1, 0.15) is 0 Å². The molecule has 0 aliphatic heterocycles. The van der Waals surface area contributed by atoms with Crippen LogP contribution in [-0.2, 0) is 4.74 Å². The van der Waals surface area contributed by atoms with E-state index in [-0.39, 0.29) is 0 Å². The van der Waals surface area contributed by atoms with Crippen LogP contribution in [0.25, 0.3) is 0 Å². The maximum atomic E-state index is 5.83. The summed E-state index contributed by atoms with van der Waals surface area (Å²) in [6.07, 6.45) is 6.62. The van der Waals surface area contributed by atoms with Gasteiger partial charge in [-0.1, -0.05) is 40.0 Å². The van der Waals surface area contributed by atoms with E-state index in [0.717, 1.165) is 12.5 Å². The van der Waals surface area contributed by atoms with Crippen LogP contribution >= 0.6 is 0 Å². The van der Waals surface area contributed by atoms with Crippen molar-refractivity contribution in [1.82, 2.24) is 5.32 Å². The van der Waals surface area contributed by atoms with E-state index in [1.165, 1.54) is 32.1 Å². The molecular formula is C14H31NO. The Morgan fingerprint density at radius 1 is 1.06 bits per heavy atom. The monoisotopic (exact) mass is 229 g/mol. The second-order valence-corrected chi connectivity index (χ2v) is 5.00. The zero-order valence-electron chi connectivity index (χ0n) is 11.9. The van der Waals surface area contributed by atoms with Crippen molar-refractivity contribution >= 4 is 0 Å². The molecule has 98 valence electrons. The molecule has 0 radical (unpaired) electrons. The van der Waals surface area contributed by atoms with Gasteiger partial charge in [0.25, 0.3) is 0 Å². The highest BCUT2D eigenvalue weighted by Gasteiger charge is 2.18. The first-order chi connectivity index (χ1) is 7.65. The Bertz CT molecular complexity index is 142. The van der Waals surface area contributed by atoms with Gasteiger partial charge in [0.15, 0.2) is 0 Å². The van der Waals surface area contributed by atoms with Crippen molar-refractivity contribution in [3.8, 4) is 0 Å². The van der Waals surface area contributed by atoms with E-state index in [1.807, 2.05) is 0 Å². The average molecular weight is 229 g/mol. The molecule has 2 unspecified atom stereocenters. The van der Waals surface area contributed by atoms with Gasteiger partial charge in [-0.05, 0) is 32.7 Å². The SMILES string of the molecule is CCCC(OCC)C(CCCC(C)C)NC. The minimum atomic E-state index is 0.396. The summed E-state index contributed by atoms with van der Waals surface area (Å²) in [7, 11) is 2.06. The second kappa shape index (κ2) is 10.1. The molecule has 0 bridgehead atoms. The van der Waals surface area contributed by atoms with Crippen LogP contribution in [0.15, 0.2) is 0 Å². The van der Waals surface area contributed by atoms with Crippen LogP contribution < -0.4 is 5.32 Å². The first-order valence-electron chi connectivity index (χ1n) is 6.94. The van der Waals surface area contributed by atoms with Crippen molar-refractivity contribution in [3.05, 3.63) is 0 Å². The molecular weight excluding hydrogens is 198 g/mol. The summed E-state index contributed by atoms with van der Waals surface area (Å²) in [4.78, 5) is 0. The van der Waals surface area contributed by atoms with Gasteiger partial charge in [-0.25, -0.2) is 0 Å². The van der Waals surface area contributed by atoms with E-state index in [2.05, 4.69) is 40.1 Å². The van der Waals surface area contributed by atoms with Crippen LogP contribution in [0.1, 0.15) is 59.8 Å². The lowest BCUT2D eigenvalue weighted by atomic mass is 9.97. The van der Waals surface area contributed by atoms with Crippen molar-refractivity contribution in [2.45, 2.75) is 71.9 Å². The van der Waals surface area contributed by atoms with Gasteiger partial charge in [0, 0.05) is 12.6 Å². The quantitative estimate of drug-likeness (QED) is 0.618. The van der Waals surface area contributed by atoms with Crippen molar-refractivity contribution in [1.29, 1.82) is 0 Å². The maximum absolute atomic E-state index is 5.83. The van der Waals surface area contributed by atoms with E-state index in [1.54, 1.807) is 0 Å². The van der Waals surface area contributed by atoms with Gasteiger partial charge in [-0.15, -0.1) is 0 Å². The highest BCUT2D eigenvalue weighted by Crippen LogP contribution is 2.15. The Balaban J connectivity index is 3.98. The Morgan fingerprint density at radius 2 is 1.75 bits per heavy atom. The predicted molar refractivity (Wildman–Crippen MR) is 71.9 cm³/mol. The summed E-state index contributed by atoms with van der Waals surface area (Å²) in [6.45, 7) is 9.73. The average Bonchev–Trinajstić information content (AvgIpc) is 2.24. The molecule has 1 N–H and O–H groups in total. The summed E-state index contributed by atoms with van der Waals surface area (Å²) in [5, 5.41) is 3.42. The maximum Gasteiger partial charge on any atom is 0.0727 e. The van der Waals surface area contributed by atoms with Crippen LogP contribution in [0, 0.1) is 5.92 Å². The van der Waals surface area contributed by atoms with Gasteiger partial charge in [0.2, 0.25) is 0 Å². The zero-order valence-corrected chi connectivity index (χ0v) is 11.9. The fourth-order valence-corrected chi connectivity index (χ4v) is 2.16. The summed E-state index contributed by atoms with van der Waals surface area (Å²) in [6, 6.07) is 0.527. The topological polar surface area (TPSA) is 21.3 Å². The fourth-order valence-electron chi connectivity index (χ4n) is 2.16. The van der Waals surface area contributed by atoms with Crippen molar-refractivity contribution in [2.24, 2.45) is 5.92 Å². The molecule has 0 aromatic rings. The smallest absolute Gasteiger partial charge is 0.0727 e. The number of rotatable bonds is 10. The van der Waals surface area contributed by atoms with Crippen molar-refractivity contribution in [2.75, 3.05) is 13.7 Å². The Kier molecular flexibility index (Phi) is 10.0. The molecule has 0 aliphatic carbocycles.